The van der Waals surface area contributed by atoms with Crippen LogP contribution in [0.5, 0.6) is 0 Å². The van der Waals surface area contributed by atoms with E-state index in [2.05, 4.69) is 5.32 Å². The predicted octanol–water partition coefficient (Wildman–Crippen LogP) is 2.11. The highest BCUT2D eigenvalue weighted by molar-refractivity contribution is 6.18. The number of rotatable bonds is 4. The van der Waals surface area contributed by atoms with Crippen LogP contribution in [0, 0.1) is 5.82 Å². The lowest BCUT2D eigenvalue weighted by Gasteiger charge is -2.10. The standard InChI is InChI=1S/C11H13ClFNO/c1-8(7-12)14-11(15)6-9-3-2-4-10(13)5-9/h2-5,8H,6-7H2,1H3,(H,14,15). The van der Waals surface area contributed by atoms with Crippen LogP contribution in [-0.4, -0.2) is 17.8 Å². The molecule has 1 aromatic carbocycles. The van der Waals surface area contributed by atoms with Crippen molar-refractivity contribution in [3.63, 3.8) is 0 Å². The van der Waals surface area contributed by atoms with Crippen molar-refractivity contribution in [3.05, 3.63) is 35.6 Å². The van der Waals surface area contributed by atoms with E-state index in [0.29, 0.717) is 11.4 Å². The highest BCUT2D eigenvalue weighted by atomic mass is 35.5. The molecule has 0 bridgehead atoms. The van der Waals surface area contributed by atoms with Crippen molar-refractivity contribution in [2.45, 2.75) is 19.4 Å². The number of carbonyl (C=O) groups excluding carboxylic acids is 1. The summed E-state index contributed by atoms with van der Waals surface area (Å²) in [5.74, 6) is -0.103. The number of amides is 1. The molecule has 0 radical (unpaired) electrons. The van der Waals surface area contributed by atoms with Gasteiger partial charge in [-0.15, -0.1) is 11.6 Å². The Morgan fingerprint density at radius 1 is 1.60 bits per heavy atom. The SMILES string of the molecule is CC(CCl)NC(=O)Cc1cccc(F)c1. The summed E-state index contributed by atoms with van der Waals surface area (Å²) in [7, 11) is 0. The molecule has 1 N–H and O–H groups in total. The zero-order valence-electron chi connectivity index (χ0n) is 8.47. The molecule has 1 amide bonds. The number of carbonyl (C=O) groups is 1. The molecule has 82 valence electrons. The Labute approximate surface area is 93.4 Å². The molecule has 1 aromatic rings. The Kier molecular flexibility index (Phi) is 4.56. The second kappa shape index (κ2) is 5.71. The molecule has 0 aliphatic carbocycles. The molecule has 0 saturated heterocycles. The van der Waals surface area contributed by atoms with Crippen molar-refractivity contribution in [2.24, 2.45) is 0 Å². The number of hydrogen-bond acceptors (Lipinski definition) is 1. The van der Waals surface area contributed by atoms with E-state index in [4.69, 9.17) is 11.6 Å². The van der Waals surface area contributed by atoms with Gasteiger partial charge in [-0.05, 0) is 24.6 Å². The van der Waals surface area contributed by atoms with E-state index in [-0.39, 0.29) is 24.2 Å². The van der Waals surface area contributed by atoms with Gasteiger partial charge >= 0.3 is 0 Å². The van der Waals surface area contributed by atoms with Crippen LogP contribution in [0.25, 0.3) is 0 Å². The molecule has 0 saturated carbocycles. The molecule has 0 aliphatic rings. The summed E-state index contributed by atoms with van der Waals surface area (Å²) in [5.41, 5.74) is 0.661. The first-order valence-electron chi connectivity index (χ1n) is 4.71. The van der Waals surface area contributed by atoms with Crippen molar-refractivity contribution in [1.29, 1.82) is 0 Å². The molecule has 1 rings (SSSR count). The molecule has 0 aromatic heterocycles. The van der Waals surface area contributed by atoms with Gasteiger partial charge in [0.2, 0.25) is 5.91 Å². The Balaban J connectivity index is 2.51. The van der Waals surface area contributed by atoms with E-state index >= 15 is 0 Å². The van der Waals surface area contributed by atoms with Crippen LogP contribution < -0.4 is 5.32 Å². The van der Waals surface area contributed by atoms with E-state index in [1.165, 1.54) is 12.1 Å². The van der Waals surface area contributed by atoms with Crippen molar-refractivity contribution in [3.8, 4) is 0 Å². The van der Waals surface area contributed by atoms with Crippen molar-refractivity contribution < 1.29 is 9.18 Å². The van der Waals surface area contributed by atoms with Crippen LogP contribution in [0.15, 0.2) is 24.3 Å². The molecular formula is C11H13ClFNO. The van der Waals surface area contributed by atoms with E-state index in [0.717, 1.165) is 0 Å². The monoisotopic (exact) mass is 229 g/mol. The zero-order valence-corrected chi connectivity index (χ0v) is 9.22. The summed E-state index contributed by atoms with van der Waals surface area (Å²) in [6.45, 7) is 1.82. The summed E-state index contributed by atoms with van der Waals surface area (Å²) < 4.78 is 12.8. The second-order valence-electron chi connectivity index (χ2n) is 3.43. The molecule has 0 heterocycles. The number of alkyl halides is 1. The number of hydrogen-bond donors (Lipinski definition) is 1. The van der Waals surface area contributed by atoms with Gasteiger partial charge in [0.15, 0.2) is 0 Å². The first-order chi connectivity index (χ1) is 7.11. The van der Waals surface area contributed by atoms with Gasteiger partial charge in [-0.3, -0.25) is 4.79 Å². The lowest BCUT2D eigenvalue weighted by atomic mass is 10.1. The summed E-state index contributed by atoms with van der Waals surface area (Å²) in [4.78, 5) is 11.4. The first-order valence-corrected chi connectivity index (χ1v) is 5.25. The molecule has 0 aliphatic heterocycles. The summed E-state index contributed by atoms with van der Waals surface area (Å²) >= 11 is 5.55. The molecule has 0 fully saturated rings. The normalized spacial score (nSPS) is 12.2. The molecule has 15 heavy (non-hydrogen) atoms. The maximum absolute atomic E-state index is 12.8. The molecule has 0 spiro atoms. The zero-order chi connectivity index (χ0) is 11.3. The maximum atomic E-state index is 12.8. The van der Waals surface area contributed by atoms with Gasteiger partial charge < -0.3 is 5.32 Å². The van der Waals surface area contributed by atoms with Gasteiger partial charge in [-0.2, -0.15) is 0 Å². The minimum atomic E-state index is -0.328. The maximum Gasteiger partial charge on any atom is 0.224 e. The average molecular weight is 230 g/mol. The minimum Gasteiger partial charge on any atom is -0.352 e. The van der Waals surface area contributed by atoms with Crippen LogP contribution in [0.2, 0.25) is 0 Å². The predicted molar refractivity (Wildman–Crippen MR) is 58.4 cm³/mol. The van der Waals surface area contributed by atoms with Gasteiger partial charge in [0.1, 0.15) is 5.82 Å². The number of benzene rings is 1. The third-order valence-corrected chi connectivity index (χ3v) is 2.36. The van der Waals surface area contributed by atoms with E-state index < -0.39 is 0 Å². The average Bonchev–Trinajstić information content (AvgIpc) is 2.17. The highest BCUT2D eigenvalue weighted by Gasteiger charge is 2.07. The highest BCUT2D eigenvalue weighted by Crippen LogP contribution is 2.04. The fourth-order valence-corrected chi connectivity index (χ4v) is 1.27. The molecule has 1 atom stereocenters. The van der Waals surface area contributed by atoms with E-state index in [9.17, 15) is 9.18 Å². The molecule has 1 unspecified atom stereocenters. The van der Waals surface area contributed by atoms with Crippen LogP contribution >= 0.6 is 11.6 Å². The Morgan fingerprint density at radius 3 is 2.93 bits per heavy atom. The fraction of sp³-hybridized carbons (Fsp3) is 0.364. The molecular weight excluding hydrogens is 217 g/mol. The van der Waals surface area contributed by atoms with Gasteiger partial charge in [0.05, 0.1) is 6.42 Å². The van der Waals surface area contributed by atoms with E-state index in [1.54, 1.807) is 12.1 Å². The minimum absolute atomic E-state index is 0.0623. The molecule has 4 heteroatoms. The molecule has 2 nitrogen and oxygen atoms in total. The van der Waals surface area contributed by atoms with Gasteiger partial charge in [-0.25, -0.2) is 4.39 Å². The van der Waals surface area contributed by atoms with Crippen LogP contribution in [0.4, 0.5) is 4.39 Å². The topological polar surface area (TPSA) is 29.1 Å². The van der Waals surface area contributed by atoms with Crippen LogP contribution in [0.3, 0.4) is 0 Å². The van der Waals surface area contributed by atoms with Gasteiger partial charge in [0, 0.05) is 11.9 Å². The van der Waals surface area contributed by atoms with Crippen molar-refractivity contribution in [1.82, 2.24) is 5.32 Å². The van der Waals surface area contributed by atoms with Gasteiger partial charge in [-0.1, -0.05) is 12.1 Å². The Morgan fingerprint density at radius 2 is 2.33 bits per heavy atom. The quantitative estimate of drug-likeness (QED) is 0.788. The second-order valence-corrected chi connectivity index (χ2v) is 3.74. The third-order valence-electron chi connectivity index (χ3n) is 1.89. The lowest BCUT2D eigenvalue weighted by molar-refractivity contribution is -0.120. The smallest absolute Gasteiger partial charge is 0.224 e. The Hall–Kier alpha value is -1.09. The summed E-state index contributed by atoms with van der Waals surface area (Å²) in [6.07, 6.45) is 0.180. The number of nitrogens with one attached hydrogen (secondary N) is 1. The summed E-state index contributed by atoms with van der Waals surface area (Å²) in [5, 5.41) is 2.70. The van der Waals surface area contributed by atoms with E-state index in [1.807, 2.05) is 6.92 Å². The third kappa shape index (κ3) is 4.30. The largest absolute Gasteiger partial charge is 0.352 e. The van der Waals surface area contributed by atoms with Gasteiger partial charge in [0.25, 0.3) is 0 Å². The van der Waals surface area contributed by atoms with Crippen molar-refractivity contribution >= 4 is 17.5 Å². The number of halogens is 2. The lowest BCUT2D eigenvalue weighted by Crippen LogP contribution is -2.34. The first kappa shape index (κ1) is 12.0. The van der Waals surface area contributed by atoms with Crippen LogP contribution in [0.1, 0.15) is 12.5 Å². The summed E-state index contributed by atoms with van der Waals surface area (Å²) in [6, 6.07) is 5.94. The van der Waals surface area contributed by atoms with Crippen molar-refractivity contribution in [2.75, 3.05) is 5.88 Å². The van der Waals surface area contributed by atoms with Crippen LogP contribution in [-0.2, 0) is 11.2 Å². The fourth-order valence-electron chi connectivity index (χ4n) is 1.20. The Bertz CT molecular complexity index is 343.